The molecule has 0 spiro atoms. The molecule has 2 aliphatic rings. The highest BCUT2D eigenvalue weighted by Crippen LogP contribution is 2.58. The predicted octanol–water partition coefficient (Wildman–Crippen LogP) is 1.05. The molecule has 0 radical (unpaired) electrons. The molecule has 2 rings (SSSR count). The van der Waals surface area contributed by atoms with Crippen LogP contribution >= 0.6 is 0 Å². The summed E-state index contributed by atoms with van der Waals surface area (Å²) in [6.45, 7) is 0. The van der Waals surface area contributed by atoms with Gasteiger partial charge in [0.2, 0.25) is 0 Å². The number of ether oxygens (including phenoxy) is 1. The lowest BCUT2D eigenvalue weighted by Gasteiger charge is -2.29. The summed E-state index contributed by atoms with van der Waals surface area (Å²) in [6, 6.07) is 0. The Hall–Kier alpha value is -1.06. The van der Waals surface area contributed by atoms with Crippen LogP contribution < -0.4 is 0 Å². The normalized spacial score (nSPS) is 39.8. The van der Waals surface area contributed by atoms with Crippen molar-refractivity contribution in [1.29, 1.82) is 0 Å². The highest BCUT2D eigenvalue weighted by molar-refractivity contribution is 5.85. The van der Waals surface area contributed by atoms with E-state index in [2.05, 4.69) is 0 Å². The Balaban J connectivity index is 2.30. The van der Waals surface area contributed by atoms with Gasteiger partial charge in [-0.1, -0.05) is 0 Å². The SMILES string of the molecule is COC(=O)C12CCC(CC1C(=O)O)C2. The molecule has 2 fully saturated rings. The first kappa shape index (κ1) is 9.49. The summed E-state index contributed by atoms with van der Waals surface area (Å²) in [5, 5.41) is 9.04. The lowest BCUT2D eigenvalue weighted by Crippen LogP contribution is -2.39. The van der Waals surface area contributed by atoms with Gasteiger partial charge in [0.05, 0.1) is 18.4 Å². The number of carboxylic acid groups (broad SMARTS) is 1. The average molecular weight is 198 g/mol. The quantitative estimate of drug-likeness (QED) is 0.673. The Morgan fingerprint density at radius 1 is 1.50 bits per heavy atom. The van der Waals surface area contributed by atoms with Gasteiger partial charge < -0.3 is 9.84 Å². The van der Waals surface area contributed by atoms with Crippen molar-refractivity contribution in [2.75, 3.05) is 7.11 Å². The summed E-state index contributed by atoms with van der Waals surface area (Å²) >= 11 is 0. The second kappa shape index (κ2) is 2.97. The molecule has 3 atom stereocenters. The third-order valence-electron chi connectivity index (χ3n) is 3.78. The molecule has 0 aliphatic heterocycles. The van der Waals surface area contributed by atoms with Gasteiger partial charge in [0.1, 0.15) is 0 Å². The molecule has 0 aromatic heterocycles. The molecule has 4 heteroatoms. The van der Waals surface area contributed by atoms with Gasteiger partial charge in [-0.05, 0) is 31.6 Å². The van der Waals surface area contributed by atoms with Gasteiger partial charge in [-0.25, -0.2) is 0 Å². The van der Waals surface area contributed by atoms with Gasteiger partial charge in [0, 0.05) is 0 Å². The summed E-state index contributed by atoms with van der Waals surface area (Å²) in [4.78, 5) is 22.6. The highest BCUT2D eigenvalue weighted by atomic mass is 16.5. The Kier molecular flexibility index (Phi) is 2.01. The van der Waals surface area contributed by atoms with E-state index in [0.29, 0.717) is 25.2 Å². The largest absolute Gasteiger partial charge is 0.481 e. The molecule has 1 N–H and O–H groups in total. The van der Waals surface area contributed by atoms with E-state index < -0.39 is 17.3 Å². The first-order chi connectivity index (χ1) is 6.60. The minimum Gasteiger partial charge on any atom is -0.481 e. The second-order valence-electron chi connectivity index (χ2n) is 4.38. The second-order valence-corrected chi connectivity index (χ2v) is 4.38. The van der Waals surface area contributed by atoms with E-state index in [1.165, 1.54) is 7.11 Å². The van der Waals surface area contributed by atoms with Gasteiger partial charge in [-0.15, -0.1) is 0 Å². The predicted molar refractivity (Wildman–Crippen MR) is 47.5 cm³/mol. The summed E-state index contributed by atoms with van der Waals surface area (Å²) in [6.07, 6.45) is 3.00. The highest BCUT2D eigenvalue weighted by Gasteiger charge is 2.60. The molecule has 2 aliphatic carbocycles. The minimum absolute atomic E-state index is 0.329. The summed E-state index contributed by atoms with van der Waals surface area (Å²) in [5.74, 6) is -1.29. The Morgan fingerprint density at radius 3 is 2.71 bits per heavy atom. The first-order valence-corrected chi connectivity index (χ1v) is 4.91. The zero-order chi connectivity index (χ0) is 10.3. The first-order valence-electron chi connectivity index (χ1n) is 4.91. The van der Waals surface area contributed by atoms with Crippen molar-refractivity contribution in [2.45, 2.75) is 25.7 Å². The lowest BCUT2D eigenvalue weighted by molar-refractivity contribution is -0.163. The van der Waals surface area contributed by atoms with Crippen LogP contribution in [0.5, 0.6) is 0 Å². The molecule has 2 bridgehead atoms. The molecular formula is C10H14O4. The summed E-state index contributed by atoms with van der Waals surface area (Å²) < 4.78 is 4.73. The number of rotatable bonds is 2. The Bertz CT molecular complexity index is 286. The van der Waals surface area contributed by atoms with E-state index in [0.717, 1.165) is 6.42 Å². The molecular weight excluding hydrogens is 184 g/mol. The number of fused-ring (bicyclic) bond motifs is 2. The van der Waals surface area contributed by atoms with E-state index in [-0.39, 0.29) is 5.97 Å². The van der Waals surface area contributed by atoms with E-state index in [4.69, 9.17) is 9.84 Å². The Morgan fingerprint density at radius 2 is 2.21 bits per heavy atom. The zero-order valence-electron chi connectivity index (χ0n) is 8.16. The van der Waals surface area contributed by atoms with Crippen LogP contribution in [0.3, 0.4) is 0 Å². The number of esters is 1. The van der Waals surface area contributed by atoms with Gasteiger partial charge in [0.15, 0.2) is 0 Å². The molecule has 0 heterocycles. The van der Waals surface area contributed by atoms with Crippen LogP contribution in [0.1, 0.15) is 25.7 Å². The maximum absolute atomic E-state index is 11.6. The maximum atomic E-state index is 11.6. The molecule has 0 aromatic rings. The number of methoxy groups -OCH3 is 1. The number of hydrogen-bond acceptors (Lipinski definition) is 3. The van der Waals surface area contributed by atoms with Crippen molar-refractivity contribution >= 4 is 11.9 Å². The number of carboxylic acids is 1. The van der Waals surface area contributed by atoms with Crippen molar-refractivity contribution in [2.24, 2.45) is 17.3 Å². The van der Waals surface area contributed by atoms with Crippen LogP contribution in [-0.4, -0.2) is 24.2 Å². The number of hydrogen-bond donors (Lipinski definition) is 1. The van der Waals surface area contributed by atoms with E-state index >= 15 is 0 Å². The molecule has 0 saturated heterocycles. The third-order valence-corrected chi connectivity index (χ3v) is 3.78. The number of aliphatic carboxylic acids is 1. The van der Waals surface area contributed by atoms with Crippen LogP contribution in [0.25, 0.3) is 0 Å². The van der Waals surface area contributed by atoms with E-state index in [9.17, 15) is 9.59 Å². The zero-order valence-corrected chi connectivity index (χ0v) is 8.16. The summed E-state index contributed by atoms with van der Waals surface area (Å²) in [5.41, 5.74) is -0.703. The van der Waals surface area contributed by atoms with Crippen molar-refractivity contribution in [3.63, 3.8) is 0 Å². The smallest absolute Gasteiger partial charge is 0.312 e. The topological polar surface area (TPSA) is 63.6 Å². The van der Waals surface area contributed by atoms with Crippen molar-refractivity contribution in [1.82, 2.24) is 0 Å². The van der Waals surface area contributed by atoms with Crippen molar-refractivity contribution in [3.05, 3.63) is 0 Å². The van der Waals surface area contributed by atoms with Gasteiger partial charge in [-0.3, -0.25) is 9.59 Å². The minimum atomic E-state index is -0.849. The van der Waals surface area contributed by atoms with Crippen molar-refractivity contribution in [3.8, 4) is 0 Å². The Labute approximate surface area is 82.2 Å². The monoisotopic (exact) mass is 198 g/mol. The fraction of sp³-hybridized carbons (Fsp3) is 0.800. The summed E-state index contributed by atoms with van der Waals surface area (Å²) in [7, 11) is 1.33. The molecule has 78 valence electrons. The molecule has 3 unspecified atom stereocenters. The third kappa shape index (κ3) is 1.06. The maximum Gasteiger partial charge on any atom is 0.312 e. The standard InChI is InChI=1S/C10H14O4/c1-14-9(13)10-3-2-6(5-10)4-7(10)8(11)12/h6-7H,2-5H2,1H3,(H,11,12). The average Bonchev–Trinajstić information content (AvgIpc) is 2.74. The van der Waals surface area contributed by atoms with E-state index in [1.54, 1.807) is 0 Å². The van der Waals surface area contributed by atoms with Gasteiger partial charge >= 0.3 is 11.9 Å². The molecule has 4 nitrogen and oxygen atoms in total. The molecule has 2 saturated carbocycles. The van der Waals surface area contributed by atoms with Gasteiger partial charge in [0.25, 0.3) is 0 Å². The van der Waals surface area contributed by atoms with Crippen LogP contribution in [0, 0.1) is 17.3 Å². The fourth-order valence-electron chi connectivity index (χ4n) is 3.13. The number of carbonyl (C=O) groups is 2. The molecule has 0 aromatic carbocycles. The van der Waals surface area contributed by atoms with Gasteiger partial charge in [-0.2, -0.15) is 0 Å². The van der Waals surface area contributed by atoms with Crippen LogP contribution in [0.2, 0.25) is 0 Å². The van der Waals surface area contributed by atoms with Crippen LogP contribution in [0.15, 0.2) is 0 Å². The number of carbonyl (C=O) groups excluding carboxylic acids is 1. The van der Waals surface area contributed by atoms with Crippen molar-refractivity contribution < 1.29 is 19.4 Å². The van der Waals surface area contributed by atoms with Crippen LogP contribution in [0.4, 0.5) is 0 Å². The van der Waals surface area contributed by atoms with E-state index in [1.807, 2.05) is 0 Å². The van der Waals surface area contributed by atoms with Crippen LogP contribution in [-0.2, 0) is 14.3 Å². The molecule has 0 amide bonds. The molecule has 14 heavy (non-hydrogen) atoms. The fourth-order valence-corrected chi connectivity index (χ4v) is 3.13. The lowest BCUT2D eigenvalue weighted by atomic mass is 9.75.